The Bertz CT molecular complexity index is 1280. The number of carbonyl (C=O) groups excluding carboxylic acids is 2. The Kier molecular flexibility index (Phi) is 8.82. The van der Waals surface area contributed by atoms with Crippen LogP contribution in [0, 0.1) is 0 Å². The summed E-state index contributed by atoms with van der Waals surface area (Å²) in [5.74, 6) is -0.462. The standard InChI is InChI=1S/C28H27Cl2N3O4/c1-37-32-22-14-23(15-27(35)31-16-26(34)19-5-3-2-4-6-19)33(17-22)28(36)20-9-7-18(8-10-20)21-11-12-24(29)25(30)13-21/h2-13,23,26,34H,14-17H2,1H3,(H,31,35)/t23-,26?/m0/s1. The lowest BCUT2D eigenvalue weighted by molar-refractivity contribution is -0.122. The number of nitrogens with one attached hydrogen (secondary N) is 1. The molecule has 2 N–H and O–H groups in total. The van der Waals surface area contributed by atoms with Crippen molar-refractivity contribution in [3.63, 3.8) is 0 Å². The molecule has 9 heteroatoms. The van der Waals surface area contributed by atoms with Gasteiger partial charge in [0.15, 0.2) is 0 Å². The molecule has 3 aromatic rings. The maximum absolute atomic E-state index is 13.4. The van der Waals surface area contributed by atoms with E-state index in [9.17, 15) is 14.7 Å². The lowest BCUT2D eigenvalue weighted by Gasteiger charge is -2.24. The van der Waals surface area contributed by atoms with Crippen LogP contribution in [0.2, 0.25) is 10.0 Å². The highest BCUT2D eigenvalue weighted by Gasteiger charge is 2.35. The number of amides is 2. The number of aliphatic hydroxyl groups is 1. The summed E-state index contributed by atoms with van der Waals surface area (Å²) in [7, 11) is 1.45. The molecule has 2 atom stereocenters. The van der Waals surface area contributed by atoms with E-state index in [1.54, 1.807) is 41.3 Å². The van der Waals surface area contributed by atoms with Crippen LogP contribution in [0.5, 0.6) is 0 Å². The molecular formula is C28H27Cl2N3O4. The zero-order chi connectivity index (χ0) is 26.4. The number of carbonyl (C=O) groups is 2. The van der Waals surface area contributed by atoms with Gasteiger partial charge in [-0.1, -0.05) is 76.9 Å². The van der Waals surface area contributed by atoms with Crippen molar-refractivity contribution in [3.8, 4) is 11.1 Å². The van der Waals surface area contributed by atoms with Gasteiger partial charge in [0.1, 0.15) is 7.11 Å². The first-order valence-electron chi connectivity index (χ1n) is 11.8. The fourth-order valence-corrected chi connectivity index (χ4v) is 4.62. The SMILES string of the molecule is CON=C1C[C@@H](CC(=O)NCC(O)c2ccccc2)N(C(=O)c2ccc(-c3ccc(Cl)c(Cl)c3)cc2)C1. The van der Waals surface area contributed by atoms with E-state index in [2.05, 4.69) is 10.5 Å². The van der Waals surface area contributed by atoms with Crippen molar-refractivity contribution in [3.05, 3.63) is 94.0 Å². The third-order valence-corrected chi connectivity index (χ3v) is 6.97. The topological polar surface area (TPSA) is 91.2 Å². The lowest BCUT2D eigenvalue weighted by Crippen LogP contribution is -2.40. The molecule has 0 radical (unpaired) electrons. The Hall–Kier alpha value is -3.39. The summed E-state index contributed by atoms with van der Waals surface area (Å²) in [5.41, 5.74) is 3.68. The smallest absolute Gasteiger partial charge is 0.254 e. The summed E-state index contributed by atoms with van der Waals surface area (Å²) in [6.07, 6.45) is -0.307. The number of aliphatic hydroxyl groups excluding tert-OH is 1. The molecule has 1 aliphatic heterocycles. The van der Waals surface area contributed by atoms with E-state index in [-0.39, 0.29) is 37.4 Å². The first-order chi connectivity index (χ1) is 17.9. The Labute approximate surface area is 225 Å². The summed E-state index contributed by atoms with van der Waals surface area (Å²) in [5, 5.41) is 18.1. The summed E-state index contributed by atoms with van der Waals surface area (Å²) >= 11 is 12.2. The molecule has 1 fully saturated rings. The normalized spacial score (nSPS) is 17.0. The zero-order valence-corrected chi connectivity index (χ0v) is 21.7. The van der Waals surface area contributed by atoms with Crippen molar-refractivity contribution < 1.29 is 19.5 Å². The van der Waals surface area contributed by atoms with Gasteiger partial charge < -0.3 is 20.2 Å². The highest BCUT2D eigenvalue weighted by molar-refractivity contribution is 6.42. The summed E-state index contributed by atoms with van der Waals surface area (Å²) in [6, 6.07) is 21.3. The zero-order valence-electron chi connectivity index (χ0n) is 20.2. The molecule has 37 heavy (non-hydrogen) atoms. The fraction of sp³-hybridized carbons (Fsp3) is 0.250. The minimum absolute atomic E-state index is 0.0807. The third kappa shape index (κ3) is 6.68. The van der Waals surface area contributed by atoms with Gasteiger partial charge in [0.25, 0.3) is 5.91 Å². The number of hydrogen-bond acceptors (Lipinski definition) is 5. The number of rotatable bonds is 8. The Morgan fingerprint density at radius 3 is 2.43 bits per heavy atom. The number of benzene rings is 3. The van der Waals surface area contributed by atoms with Gasteiger partial charge in [-0.25, -0.2) is 0 Å². The maximum atomic E-state index is 13.4. The molecule has 0 spiro atoms. The van der Waals surface area contributed by atoms with Crippen molar-refractivity contribution >= 4 is 40.7 Å². The Morgan fingerprint density at radius 2 is 1.76 bits per heavy atom. The van der Waals surface area contributed by atoms with Gasteiger partial charge in [-0.2, -0.15) is 0 Å². The molecule has 1 unspecified atom stereocenters. The molecule has 2 amide bonds. The maximum Gasteiger partial charge on any atom is 0.254 e. The molecule has 4 rings (SSSR count). The Morgan fingerprint density at radius 1 is 1.05 bits per heavy atom. The van der Waals surface area contributed by atoms with Gasteiger partial charge in [0, 0.05) is 31.0 Å². The number of oxime groups is 1. The van der Waals surface area contributed by atoms with Gasteiger partial charge >= 0.3 is 0 Å². The molecule has 0 aromatic heterocycles. The number of nitrogens with zero attached hydrogens (tertiary/aromatic N) is 2. The summed E-state index contributed by atoms with van der Waals surface area (Å²) in [4.78, 5) is 32.7. The van der Waals surface area contributed by atoms with Crippen molar-refractivity contribution in [1.82, 2.24) is 10.2 Å². The average molecular weight is 540 g/mol. The number of hydrogen-bond donors (Lipinski definition) is 2. The van der Waals surface area contributed by atoms with E-state index in [1.165, 1.54) is 7.11 Å². The summed E-state index contributed by atoms with van der Waals surface area (Å²) in [6.45, 7) is 0.352. The van der Waals surface area contributed by atoms with Crippen LogP contribution in [-0.2, 0) is 9.63 Å². The molecule has 0 bridgehead atoms. The number of likely N-dealkylation sites (tertiary alicyclic amines) is 1. The van der Waals surface area contributed by atoms with Gasteiger partial charge in [-0.15, -0.1) is 0 Å². The largest absolute Gasteiger partial charge is 0.399 e. The molecule has 192 valence electrons. The second-order valence-electron chi connectivity index (χ2n) is 8.77. The van der Waals surface area contributed by atoms with Crippen LogP contribution in [0.3, 0.4) is 0 Å². The van der Waals surface area contributed by atoms with E-state index in [1.807, 2.05) is 36.4 Å². The van der Waals surface area contributed by atoms with E-state index in [4.69, 9.17) is 28.0 Å². The van der Waals surface area contributed by atoms with Gasteiger partial charge in [0.2, 0.25) is 5.91 Å². The minimum Gasteiger partial charge on any atom is -0.399 e. The van der Waals surface area contributed by atoms with Crippen molar-refractivity contribution in [2.24, 2.45) is 5.16 Å². The molecule has 0 aliphatic carbocycles. The van der Waals surface area contributed by atoms with Crippen LogP contribution in [0.1, 0.15) is 34.9 Å². The highest BCUT2D eigenvalue weighted by Crippen LogP contribution is 2.29. The average Bonchev–Trinajstić information content (AvgIpc) is 3.31. The quantitative estimate of drug-likeness (QED) is 0.389. The first kappa shape index (κ1) is 26.7. The Balaban J connectivity index is 1.43. The molecule has 1 saturated heterocycles. The van der Waals surface area contributed by atoms with E-state index in [0.717, 1.165) is 16.7 Å². The molecule has 1 heterocycles. The van der Waals surface area contributed by atoms with Crippen LogP contribution in [0.4, 0.5) is 0 Å². The van der Waals surface area contributed by atoms with Gasteiger partial charge in [-0.3, -0.25) is 9.59 Å². The van der Waals surface area contributed by atoms with E-state index in [0.29, 0.717) is 27.7 Å². The fourth-order valence-electron chi connectivity index (χ4n) is 4.32. The molecule has 7 nitrogen and oxygen atoms in total. The molecule has 3 aromatic carbocycles. The molecular weight excluding hydrogens is 513 g/mol. The highest BCUT2D eigenvalue weighted by atomic mass is 35.5. The van der Waals surface area contributed by atoms with Crippen molar-refractivity contribution in [2.45, 2.75) is 25.0 Å². The molecule has 1 aliphatic rings. The number of halogens is 2. The van der Waals surface area contributed by atoms with Crippen LogP contribution >= 0.6 is 23.2 Å². The van der Waals surface area contributed by atoms with Gasteiger partial charge in [0.05, 0.1) is 28.4 Å². The molecule has 0 saturated carbocycles. The van der Waals surface area contributed by atoms with Crippen LogP contribution in [0.25, 0.3) is 11.1 Å². The van der Waals surface area contributed by atoms with Crippen molar-refractivity contribution in [2.75, 3.05) is 20.2 Å². The van der Waals surface area contributed by atoms with E-state index >= 15 is 0 Å². The third-order valence-electron chi connectivity index (χ3n) is 6.23. The summed E-state index contributed by atoms with van der Waals surface area (Å²) < 4.78 is 0. The second kappa shape index (κ2) is 12.2. The van der Waals surface area contributed by atoms with Crippen LogP contribution in [0.15, 0.2) is 78.0 Å². The van der Waals surface area contributed by atoms with Crippen molar-refractivity contribution in [1.29, 1.82) is 0 Å². The van der Waals surface area contributed by atoms with Crippen LogP contribution < -0.4 is 5.32 Å². The van der Waals surface area contributed by atoms with E-state index < -0.39 is 6.10 Å². The monoisotopic (exact) mass is 539 g/mol. The van der Waals surface area contributed by atoms with Crippen LogP contribution in [-0.4, -0.2) is 53.8 Å². The first-order valence-corrected chi connectivity index (χ1v) is 12.6. The van der Waals surface area contributed by atoms with Gasteiger partial charge in [-0.05, 0) is 41.0 Å². The predicted molar refractivity (Wildman–Crippen MR) is 145 cm³/mol. The minimum atomic E-state index is -0.814. The second-order valence-corrected chi connectivity index (χ2v) is 9.59. The predicted octanol–water partition coefficient (Wildman–Crippen LogP) is 5.12. The lowest BCUT2D eigenvalue weighted by atomic mass is 10.0.